The van der Waals surface area contributed by atoms with Crippen LogP contribution >= 0.6 is 0 Å². The summed E-state index contributed by atoms with van der Waals surface area (Å²) in [6.07, 6.45) is 1.77. The van der Waals surface area contributed by atoms with Crippen molar-refractivity contribution in [1.29, 1.82) is 0 Å². The molecule has 4 nitrogen and oxygen atoms in total. The molecule has 2 rings (SSSR count). The van der Waals surface area contributed by atoms with Crippen LogP contribution in [0.3, 0.4) is 0 Å². The van der Waals surface area contributed by atoms with Crippen molar-refractivity contribution >= 4 is 23.3 Å². The van der Waals surface area contributed by atoms with E-state index in [1.54, 1.807) is 12.1 Å². The summed E-state index contributed by atoms with van der Waals surface area (Å²) in [5, 5.41) is 20.7. The van der Waals surface area contributed by atoms with Crippen molar-refractivity contribution in [2.75, 3.05) is 0 Å². The van der Waals surface area contributed by atoms with Crippen molar-refractivity contribution in [3.8, 4) is 11.5 Å². The normalized spacial score (nSPS) is 9.18. The van der Waals surface area contributed by atoms with Gasteiger partial charge < -0.3 is 15.9 Å². The van der Waals surface area contributed by atoms with Gasteiger partial charge in [-0.15, -0.1) is 0 Å². The topological polar surface area (TPSA) is 83.6 Å². The Morgan fingerprint density at radius 1 is 1.18 bits per heavy atom. The molecule has 4 N–H and O–H groups in total. The molecule has 4 heteroatoms. The zero-order valence-corrected chi connectivity index (χ0v) is 9.13. The quantitative estimate of drug-likeness (QED) is 0.518. The van der Waals surface area contributed by atoms with E-state index in [2.05, 4.69) is 12.3 Å². The van der Waals surface area contributed by atoms with E-state index < -0.39 is 0 Å². The van der Waals surface area contributed by atoms with Crippen LogP contribution in [0, 0.1) is 0 Å². The molecular formula is C13H13NO3. The summed E-state index contributed by atoms with van der Waals surface area (Å²) in [6.45, 7) is 3.57. The zero-order valence-electron chi connectivity index (χ0n) is 9.13. The fourth-order valence-corrected chi connectivity index (χ4v) is 1.52. The Bertz CT molecular complexity index is 550. The average Bonchev–Trinajstić information content (AvgIpc) is 2.35. The molecule has 0 aliphatic rings. The molecule has 0 heterocycles. The molecule has 0 fully saturated rings. The van der Waals surface area contributed by atoms with Crippen molar-refractivity contribution in [1.82, 2.24) is 0 Å². The molecule has 0 spiro atoms. The summed E-state index contributed by atoms with van der Waals surface area (Å²) < 4.78 is 0. The molecule has 0 unspecified atom stereocenters. The van der Waals surface area contributed by atoms with Gasteiger partial charge in [-0.1, -0.05) is 36.9 Å². The van der Waals surface area contributed by atoms with E-state index in [-0.39, 0.29) is 17.9 Å². The number of aromatic hydroxyl groups is 2. The molecule has 1 amide bonds. The standard InChI is InChI=1S/C12H10O2.CH3NO/c1-2-8-7-11(13)9-5-3-4-6-10(9)12(8)14;2-1-3/h2-7,13-14H,1H2;1H,(H2,2,3). The highest BCUT2D eigenvalue weighted by Crippen LogP contribution is 2.35. The highest BCUT2D eigenvalue weighted by molar-refractivity contribution is 5.95. The molecule has 0 saturated heterocycles. The second-order valence-electron chi connectivity index (χ2n) is 3.22. The van der Waals surface area contributed by atoms with Gasteiger partial charge in [0.2, 0.25) is 6.41 Å². The van der Waals surface area contributed by atoms with Gasteiger partial charge in [-0.25, -0.2) is 0 Å². The van der Waals surface area contributed by atoms with Crippen LogP contribution in [-0.2, 0) is 4.79 Å². The molecule has 17 heavy (non-hydrogen) atoms. The van der Waals surface area contributed by atoms with Gasteiger partial charge in [-0.2, -0.15) is 0 Å². The van der Waals surface area contributed by atoms with E-state index in [0.717, 1.165) is 0 Å². The smallest absolute Gasteiger partial charge is 0.204 e. The fourth-order valence-electron chi connectivity index (χ4n) is 1.52. The number of phenolic OH excluding ortho intramolecular Hbond substituents is 2. The largest absolute Gasteiger partial charge is 0.507 e. The Morgan fingerprint density at radius 2 is 1.71 bits per heavy atom. The van der Waals surface area contributed by atoms with E-state index >= 15 is 0 Å². The highest BCUT2D eigenvalue weighted by Gasteiger charge is 2.07. The minimum atomic E-state index is 0.160. The second-order valence-corrected chi connectivity index (χ2v) is 3.22. The highest BCUT2D eigenvalue weighted by atomic mass is 16.3. The number of carbonyl (C=O) groups is 1. The van der Waals surface area contributed by atoms with Gasteiger partial charge in [0.25, 0.3) is 0 Å². The predicted octanol–water partition coefficient (Wildman–Crippen LogP) is 2.00. The van der Waals surface area contributed by atoms with Gasteiger partial charge in [-0.3, -0.25) is 4.79 Å². The second kappa shape index (κ2) is 5.55. The van der Waals surface area contributed by atoms with Crippen LogP contribution in [0.15, 0.2) is 36.9 Å². The number of hydrogen-bond acceptors (Lipinski definition) is 3. The lowest BCUT2D eigenvalue weighted by atomic mass is 10.0. The molecule has 0 aliphatic carbocycles. The Hall–Kier alpha value is -2.49. The third-order valence-corrected chi connectivity index (χ3v) is 2.24. The minimum Gasteiger partial charge on any atom is -0.507 e. The molecule has 0 radical (unpaired) electrons. The van der Waals surface area contributed by atoms with E-state index in [9.17, 15) is 10.2 Å². The van der Waals surface area contributed by atoms with Crippen LogP contribution in [0.4, 0.5) is 0 Å². The Kier molecular flexibility index (Phi) is 4.11. The molecule has 0 aromatic heterocycles. The van der Waals surface area contributed by atoms with Crippen LogP contribution in [0.2, 0.25) is 0 Å². The van der Waals surface area contributed by atoms with Gasteiger partial charge in [0.1, 0.15) is 11.5 Å². The molecular weight excluding hydrogens is 218 g/mol. The first-order valence-corrected chi connectivity index (χ1v) is 4.87. The van der Waals surface area contributed by atoms with Crippen molar-refractivity contribution in [2.45, 2.75) is 0 Å². The first-order valence-electron chi connectivity index (χ1n) is 4.87. The summed E-state index contributed by atoms with van der Waals surface area (Å²) >= 11 is 0. The number of amides is 1. The van der Waals surface area contributed by atoms with Crippen LogP contribution in [0.25, 0.3) is 16.8 Å². The molecule has 2 aromatic carbocycles. The third-order valence-electron chi connectivity index (χ3n) is 2.24. The molecule has 0 atom stereocenters. The number of nitrogens with two attached hydrogens (primary N) is 1. The monoisotopic (exact) mass is 231 g/mol. The SMILES string of the molecule is C=Cc1cc(O)c2ccccc2c1O.NC=O. The molecule has 0 saturated carbocycles. The van der Waals surface area contributed by atoms with Crippen molar-refractivity contribution < 1.29 is 15.0 Å². The number of rotatable bonds is 1. The summed E-state index contributed by atoms with van der Waals surface area (Å²) in [6, 6.07) is 8.66. The summed E-state index contributed by atoms with van der Waals surface area (Å²) in [5.41, 5.74) is 4.71. The van der Waals surface area contributed by atoms with Crippen LogP contribution in [-0.4, -0.2) is 16.6 Å². The molecule has 0 aliphatic heterocycles. The Morgan fingerprint density at radius 3 is 2.24 bits per heavy atom. The molecule has 2 aromatic rings. The summed E-state index contributed by atoms with van der Waals surface area (Å²) in [5.74, 6) is 0.321. The number of benzene rings is 2. The Balaban J connectivity index is 0.000000437. The molecule has 88 valence electrons. The van der Waals surface area contributed by atoms with Gasteiger partial charge in [-0.05, 0) is 6.07 Å². The van der Waals surface area contributed by atoms with Gasteiger partial charge >= 0.3 is 0 Å². The number of phenols is 2. The number of primary amides is 1. The first-order chi connectivity index (χ1) is 8.15. The minimum absolute atomic E-state index is 0.160. The predicted molar refractivity (Wildman–Crippen MR) is 67.6 cm³/mol. The van der Waals surface area contributed by atoms with Crippen molar-refractivity contribution in [3.05, 3.63) is 42.5 Å². The fraction of sp³-hybridized carbons (Fsp3) is 0. The van der Waals surface area contributed by atoms with E-state index in [0.29, 0.717) is 16.3 Å². The first kappa shape index (κ1) is 12.6. The summed E-state index contributed by atoms with van der Waals surface area (Å²) in [4.78, 5) is 8.58. The van der Waals surface area contributed by atoms with Crippen LogP contribution < -0.4 is 5.73 Å². The van der Waals surface area contributed by atoms with Crippen molar-refractivity contribution in [2.24, 2.45) is 5.73 Å². The summed E-state index contributed by atoms with van der Waals surface area (Å²) in [7, 11) is 0. The molecule has 0 bridgehead atoms. The lowest BCUT2D eigenvalue weighted by Crippen LogP contribution is -1.82. The van der Waals surface area contributed by atoms with Crippen LogP contribution in [0.1, 0.15) is 5.56 Å². The van der Waals surface area contributed by atoms with Crippen LogP contribution in [0.5, 0.6) is 11.5 Å². The lowest BCUT2D eigenvalue weighted by Gasteiger charge is -2.06. The lowest BCUT2D eigenvalue weighted by molar-refractivity contribution is -0.106. The Labute approximate surface area is 98.6 Å². The van der Waals surface area contributed by atoms with Gasteiger partial charge in [0, 0.05) is 16.3 Å². The zero-order chi connectivity index (χ0) is 12.8. The number of fused-ring (bicyclic) bond motifs is 1. The van der Waals surface area contributed by atoms with E-state index in [1.807, 2.05) is 12.1 Å². The average molecular weight is 231 g/mol. The maximum absolute atomic E-state index is 9.79. The van der Waals surface area contributed by atoms with E-state index in [1.165, 1.54) is 12.1 Å². The van der Waals surface area contributed by atoms with E-state index in [4.69, 9.17) is 4.79 Å². The number of carbonyl (C=O) groups excluding carboxylic acids is 1. The van der Waals surface area contributed by atoms with Gasteiger partial charge in [0.05, 0.1) is 0 Å². The maximum Gasteiger partial charge on any atom is 0.204 e. The number of hydrogen-bond donors (Lipinski definition) is 3. The third kappa shape index (κ3) is 2.55. The van der Waals surface area contributed by atoms with Crippen molar-refractivity contribution in [3.63, 3.8) is 0 Å². The maximum atomic E-state index is 9.79. The van der Waals surface area contributed by atoms with Gasteiger partial charge in [0.15, 0.2) is 0 Å².